The minimum Gasteiger partial charge on any atom is -0.457 e. The molecule has 29 heavy (non-hydrogen) atoms. The van der Waals surface area contributed by atoms with Crippen molar-refractivity contribution in [2.75, 3.05) is 5.73 Å². The van der Waals surface area contributed by atoms with Gasteiger partial charge in [-0.2, -0.15) is 0 Å². The van der Waals surface area contributed by atoms with Crippen LogP contribution in [0.15, 0.2) is 109 Å². The van der Waals surface area contributed by atoms with Crippen LogP contribution in [0.1, 0.15) is 6.92 Å². The van der Waals surface area contributed by atoms with E-state index in [-0.39, 0.29) is 0 Å². The van der Waals surface area contributed by atoms with Crippen LogP contribution in [0.5, 0.6) is 17.2 Å². The van der Waals surface area contributed by atoms with E-state index in [4.69, 9.17) is 20.9 Å². The predicted molar refractivity (Wildman–Crippen MR) is 120 cm³/mol. The van der Waals surface area contributed by atoms with Gasteiger partial charge >= 0.3 is 0 Å². The van der Waals surface area contributed by atoms with Gasteiger partial charge in [0.05, 0.1) is 0 Å². The SMILES string of the molecule is C=C/C(=C\C=C(/C)N)Oc1ccc(Oc2ccc(N)cc2)cc1-c1ccccc1. The van der Waals surface area contributed by atoms with E-state index in [1.165, 1.54) is 0 Å². The van der Waals surface area contributed by atoms with E-state index in [9.17, 15) is 0 Å². The quantitative estimate of drug-likeness (QED) is 0.296. The van der Waals surface area contributed by atoms with Gasteiger partial charge in [0.25, 0.3) is 0 Å². The number of hydrogen-bond donors (Lipinski definition) is 2. The van der Waals surface area contributed by atoms with Gasteiger partial charge in [-0.1, -0.05) is 36.9 Å². The highest BCUT2D eigenvalue weighted by atomic mass is 16.5. The fourth-order valence-electron chi connectivity index (χ4n) is 2.66. The summed E-state index contributed by atoms with van der Waals surface area (Å²) in [6.45, 7) is 5.64. The van der Waals surface area contributed by atoms with Gasteiger partial charge in [0, 0.05) is 16.9 Å². The molecule has 0 atom stereocenters. The van der Waals surface area contributed by atoms with Crippen LogP contribution >= 0.6 is 0 Å². The van der Waals surface area contributed by atoms with Gasteiger partial charge in [-0.3, -0.25) is 0 Å². The van der Waals surface area contributed by atoms with Crippen molar-refractivity contribution in [2.24, 2.45) is 5.73 Å². The zero-order chi connectivity index (χ0) is 20.6. The molecule has 0 bridgehead atoms. The number of benzene rings is 3. The molecule has 0 spiro atoms. The maximum Gasteiger partial charge on any atom is 0.135 e. The summed E-state index contributed by atoms with van der Waals surface area (Å²) in [7, 11) is 0. The maximum absolute atomic E-state index is 6.09. The third kappa shape index (κ3) is 5.53. The van der Waals surface area contributed by atoms with E-state index < -0.39 is 0 Å². The lowest BCUT2D eigenvalue weighted by atomic mass is 10.0. The molecular formula is C25H24N2O2. The largest absolute Gasteiger partial charge is 0.457 e. The molecule has 0 saturated carbocycles. The van der Waals surface area contributed by atoms with Crippen molar-refractivity contribution in [2.45, 2.75) is 6.92 Å². The second kappa shape index (κ2) is 9.33. The first-order valence-electron chi connectivity index (χ1n) is 9.22. The van der Waals surface area contributed by atoms with Crippen molar-refractivity contribution >= 4 is 5.69 Å². The lowest BCUT2D eigenvalue weighted by Gasteiger charge is -2.14. The first-order valence-corrected chi connectivity index (χ1v) is 9.22. The lowest BCUT2D eigenvalue weighted by Crippen LogP contribution is -1.96. The van der Waals surface area contributed by atoms with E-state index in [1.54, 1.807) is 30.4 Å². The summed E-state index contributed by atoms with van der Waals surface area (Å²) in [6, 6.07) is 23.0. The predicted octanol–water partition coefficient (Wildman–Crippen LogP) is 6.04. The Bertz CT molecular complexity index is 1030. The number of rotatable bonds is 7. The summed E-state index contributed by atoms with van der Waals surface area (Å²) in [6.07, 6.45) is 5.21. The highest BCUT2D eigenvalue weighted by Gasteiger charge is 2.10. The molecule has 0 heterocycles. The lowest BCUT2D eigenvalue weighted by molar-refractivity contribution is 0.443. The Balaban J connectivity index is 1.97. The molecular weight excluding hydrogens is 360 g/mol. The molecule has 0 aliphatic rings. The van der Waals surface area contributed by atoms with Crippen LogP contribution in [0.3, 0.4) is 0 Å². The number of nitrogens with two attached hydrogens (primary N) is 2. The molecule has 0 aliphatic heterocycles. The number of hydrogen-bond acceptors (Lipinski definition) is 4. The van der Waals surface area contributed by atoms with Crippen molar-refractivity contribution in [3.05, 3.63) is 109 Å². The summed E-state index contributed by atoms with van der Waals surface area (Å²) >= 11 is 0. The van der Waals surface area contributed by atoms with E-state index >= 15 is 0 Å². The van der Waals surface area contributed by atoms with Crippen molar-refractivity contribution < 1.29 is 9.47 Å². The Morgan fingerprint density at radius 3 is 2.24 bits per heavy atom. The van der Waals surface area contributed by atoms with Crippen LogP contribution in [-0.4, -0.2) is 0 Å². The van der Waals surface area contributed by atoms with Crippen molar-refractivity contribution in [1.82, 2.24) is 0 Å². The van der Waals surface area contributed by atoms with Gasteiger partial charge in [0.2, 0.25) is 0 Å². The Morgan fingerprint density at radius 1 is 0.897 bits per heavy atom. The first kappa shape index (κ1) is 19.8. The Kier molecular flexibility index (Phi) is 6.38. The normalized spacial score (nSPS) is 11.8. The van der Waals surface area contributed by atoms with Gasteiger partial charge < -0.3 is 20.9 Å². The minimum absolute atomic E-state index is 0.596. The van der Waals surface area contributed by atoms with Crippen LogP contribution < -0.4 is 20.9 Å². The monoisotopic (exact) mass is 384 g/mol. The molecule has 0 fully saturated rings. The zero-order valence-corrected chi connectivity index (χ0v) is 16.3. The Hall–Kier alpha value is -3.92. The summed E-state index contributed by atoms with van der Waals surface area (Å²) < 4.78 is 12.1. The molecule has 0 aromatic heterocycles. The Labute approximate surface area is 171 Å². The molecule has 3 rings (SSSR count). The zero-order valence-electron chi connectivity index (χ0n) is 16.3. The average Bonchev–Trinajstić information content (AvgIpc) is 2.74. The number of anilines is 1. The molecule has 0 unspecified atom stereocenters. The molecule has 146 valence electrons. The number of nitrogen functional groups attached to an aromatic ring is 1. The van der Waals surface area contributed by atoms with Crippen molar-refractivity contribution in [3.8, 4) is 28.4 Å². The molecule has 0 radical (unpaired) electrons. The average molecular weight is 384 g/mol. The highest BCUT2D eigenvalue weighted by molar-refractivity contribution is 5.72. The van der Waals surface area contributed by atoms with Crippen LogP contribution in [0.2, 0.25) is 0 Å². The molecule has 3 aromatic carbocycles. The minimum atomic E-state index is 0.596. The topological polar surface area (TPSA) is 70.5 Å². The summed E-state index contributed by atoms with van der Waals surface area (Å²) in [5, 5.41) is 0. The van der Waals surface area contributed by atoms with Crippen LogP contribution in [0.4, 0.5) is 5.69 Å². The summed E-state index contributed by atoms with van der Waals surface area (Å²) in [5.41, 5.74) is 14.8. The highest BCUT2D eigenvalue weighted by Crippen LogP contribution is 2.36. The fraction of sp³-hybridized carbons (Fsp3) is 0.0400. The first-order chi connectivity index (χ1) is 14.0. The maximum atomic E-state index is 6.09. The molecule has 0 amide bonds. The van der Waals surface area contributed by atoms with E-state index in [0.29, 0.717) is 34.4 Å². The summed E-state index contributed by atoms with van der Waals surface area (Å²) in [5.74, 6) is 2.69. The van der Waals surface area contributed by atoms with E-state index in [0.717, 1.165) is 11.1 Å². The van der Waals surface area contributed by atoms with Crippen LogP contribution in [0, 0.1) is 0 Å². The third-order valence-corrected chi connectivity index (χ3v) is 4.09. The van der Waals surface area contributed by atoms with E-state index in [1.807, 2.05) is 67.6 Å². The number of ether oxygens (including phenoxy) is 2. The summed E-state index contributed by atoms with van der Waals surface area (Å²) in [4.78, 5) is 0. The molecule has 4 N–H and O–H groups in total. The molecule has 0 aliphatic carbocycles. The third-order valence-electron chi connectivity index (χ3n) is 4.09. The van der Waals surface area contributed by atoms with Crippen molar-refractivity contribution in [1.29, 1.82) is 0 Å². The molecule has 3 aromatic rings. The van der Waals surface area contributed by atoms with E-state index in [2.05, 4.69) is 6.58 Å². The van der Waals surface area contributed by atoms with Gasteiger partial charge in [-0.05, 0) is 73.2 Å². The van der Waals surface area contributed by atoms with Crippen LogP contribution in [0.25, 0.3) is 11.1 Å². The molecule has 4 heteroatoms. The molecule has 4 nitrogen and oxygen atoms in total. The van der Waals surface area contributed by atoms with Crippen LogP contribution in [-0.2, 0) is 0 Å². The second-order valence-electron chi connectivity index (χ2n) is 6.48. The van der Waals surface area contributed by atoms with Gasteiger partial charge in [-0.15, -0.1) is 0 Å². The van der Waals surface area contributed by atoms with Gasteiger partial charge in [-0.25, -0.2) is 0 Å². The molecule has 0 saturated heterocycles. The standard InChI is InChI=1S/C25H24N2O2/c1-3-21(12-9-18(2)26)29-25-16-15-23(28-22-13-10-20(27)11-14-22)17-24(25)19-7-5-4-6-8-19/h3-17H,1,26-27H2,2H3/b18-9+,21-12+. The van der Waals surface area contributed by atoms with Crippen molar-refractivity contribution in [3.63, 3.8) is 0 Å². The number of allylic oxidation sites excluding steroid dienone is 4. The van der Waals surface area contributed by atoms with Gasteiger partial charge in [0.1, 0.15) is 23.0 Å². The second-order valence-corrected chi connectivity index (χ2v) is 6.48. The fourth-order valence-corrected chi connectivity index (χ4v) is 2.66. The van der Waals surface area contributed by atoms with Gasteiger partial charge in [0.15, 0.2) is 0 Å². The Morgan fingerprint density at radius 2 is 1.59 bits per heavy atom. The smallest absolute Gasteiger partial charge is 0.135 e.